The highest BCUT2D eigenvalue weighted by Crippen LogP contribution is 2.23. The molecule has 0 saturated carbocycles. The van der Waals surface area contributed by atoms with E-state index in [-0.39, 0.29) is 23.9 Å². The average molecular weight is 362 g/mol. The molecule has 7 nitrogen and oxygen atoms in total. The number of ether oxygens (including phenoxy) is 2. The molecule has 26 heavy (non-hydrogen) atoms. The Labute approximate surface area is 153 Å². The quantitative estimate of drug-likeness (QED) is 0.659. The van der Waals surface area contributed by atoms with Crippen LogP contribution in [0.5, 0.6) is 5.75 Å². The van der Waals surface area contributed by atoms with E-state index >= 15 is 0 Å². The summed E-state index contributed by atoms with van der Waals surface area (Å²) in [5.74, 6) is -0.282. The van der Waals surface area contributed by atoms with E-state index in [1.807, 2.05) is 20.8 Å². The summed E-state index contributed by atoms with van der Waals surface area (Å²) < 4.78 is 10.8. The zero-order valence-corrected chi connectivity index (χ0v) is 15.7. The summed E-state index contributed by atoms with van der Waals surface area (Å²) in [5.41, 5.74) is 0.110. The summed E-state index contributed by atoms with van der Waals surface area (Å²) in [6.45, 7) is 7.84. The third kappa shape index (κ3) is 6.06. The lowest BCUT2D eigenvalue weighted by molar-refractivity contribution is -0.140. The van der Waals surface area contributed by atoms with Crippen LogP contribution in [0.2, 0.25) is 0 Å². The minimum Gasteiger partial charge on any atom is -0.444 e. The number of carbonyl (C=O) groups excluding carboxylic acids is 3. The molecule has 0 aromatic heterocycles. The van der Waals surface area contributed by atoms with E-state index in [9.17, 15) is 14.4 Å². The van der Waals surface area contributed by atoms with E-state index in [2.05, 4.69) is 5.32 Å². The number of nitrogens with zero attached hydrogens (tertiary/aromatic N) is 1. The van der Waals surface area contributed by atoms with E-state index in [1.165, 1.54) is 6.92 Å². The molecule has 1 aliphatic rings. The van der Waals surface area contributed by atoms with Gasteiger partial charge in [-0.25, -0.2) is 4.79 Å². The number of rotatable bonds is 3. The second-order valence-electron chi connectivity index (χ2n) is 7.37. The molecule has 1 aromatic rings. The summed E-state index contributed by atoms with van der Waals surface area (Å²) in [5, 5.41) is 2.65. The molecule has 1 N–H and O–H groups in total. The Morgan fingerprint density at radius 2 is 1.65 bits per heavy atom. The van der Waals surface area contributed by atoms with E-state index in [0.717, 1.165) is 0 Å². The van der Waals surface area contributed by atoms with Gasteiger partial charge in [0.15, 0.2) is 0 Å². The van der Waals surface area contributed by atoms with Crippen LogP contribution in [0, 0.1) is 5.92 Å². The Balaban J connectivity index is 1.83. The maximum Gasteiger partial charge on any atom is 0.410 e. The van der Waals surface area contributed by atoms with Gasteiger partial charge in [0.05, 0.1) is 5.92 Å². The van der Waals surface area contributed by atoms with Crippen LogP contribution < -0.4 is 10.1 Å². The highest BCUT2D eigenvalue weighted by atomic mass is 16.6. The molecule has 1 aliphatic heterocycles. The van der Waals surface area contributed by atoms with Crippen molar-refractivity contribution in [2.45, 2.75) is 46.1 Å². The van der Waals surface area contributed by atoms with Gasteiger partial charge in [0.25, 0.3) is 0 Å². The van der Waals surface area contributed by atoms with Gasteiger partial charge in [-0.1, -0.05) is 0 Å². The number of piperidine rings is 1. The minimum atomic E-state index is -0.531. The van der Waals surface area contributed by atoms with E-state index in [1.54, 1.807) is 29.2 Å². The van der Waals surface area contributed by atoms with Gasteiger partial charge in [0, 0.05) is 25.7 Å². The van der Waals surface area contributed by atoms with Crippen molar-refractivity contribution in [3.8, 4) is 5.75 Å². The first-order valence-electron chi connectivity index (χ1n) is 8.71. The molecule has 2 rings (SSSR count). The topological polar surface area (TPSA) is 84.9 Å². The molecule has 142 valence electrons. The molecule has 0 unspecified atom stereocenters. The van der Waals surface area contributed by atoms with Gasteiger partial charge in [-0.2, -0.15) is 0 Å². The predicted octanol–water partition coefficient (Wildman–Crippen LogP) is 3.20. The number of hydrogen-bond donors (Lipinski definition) is 1. The summed E-state index contributed by atoms with van der Waals surface area (Å²) in [7, 11) is 0. The molecule has 0 atom stereocenters. The lowest BCUT2D eigenvalue weighted by Crippen LogP contribution is -2.43. The third-order valence-electron chi connectivity index (χ3n) is 3.87. The summed E-state index contributed by atoms with van der Waals surface area (Å²) in [6.07, 6.45) is 0.738. The van der Waals surface area contributed by atoms with Crippen LogP contribution >= 0.6 is 0 Å². The number of likely N-dealkylation sites (tertiary alicyclic amines) is 1. The molecule has 1 aromatic carbocycles. The molecule has 1 saturated heterocycles. The van der Waals surface area contributed by atoms with Crippen LogP contribution in [0.1, 0.15) is 40.5 Å². The Hall–Kier alpha value is -2.57. The van der Waals surface area contributed by atoms with Gasteiger partial charge in [-0.3, -0.25) is 9.59 Å². The first kappa shape index (κ1) is 19.8. The molecule has 2 amide bonds. The van der Waals surface area contributed by atoms with Gasteiger partial charge in [0.1, 0.15) is 11.4 Å². The largest absolute Gasteiger partial charge is 0.444 e. The molecular formula is C19H26N2O5. The maximum absolute atomic E-state index is 12.3. The molecule has 1 fully saturated rings. The number of esters is 1. The maximum atomic E-state index is 12.3. The minimum absolute atomic E-state index is 0.161. The number of benzene rings is 1. The van der Waals surface area contributed by atoms with Crippen LogP contribution in [0.15, 0.2) is 24.3 Å². The zero-order valence-electron chi connectivity index (χ0n) is 15.7. The Bertz CT molecular complexity index is 656. The smallest absolute Gasteiger partial charge is 0.410 e. The fraction of sp³-hybridized carbons (Fsp3) is 0.526. The molecule has 0 aliphatic carbocycles. The van der Waals surface area contributed by atoms with Crippen molar-refractivity contribution >= 4 is 23.7 Å². The van der Waals surface area contributed by atoms with Crippen molar-refractivity contribution in [2.24, 2.45) is 5.92 Å². The second-order valence-corrected chi connectivity index (χ2v) is 7.37. The van der Waals surface area contributed by atoms with E-state index < -0.39 is 5.60 Å². The van der Waals surface area contributed by atoms with Gasteiger partial charge in [0.2, 0.25) is 5.91 Å². The van der Waals surface area contributed by atoms with Crippen LogP contribution in [-0.2, 0) is 14.3 Å². The van der Waals surface area contributed by atoms with Crippen LogP contribution in [0.25, 0.3) is 0 Å². The Morgan fingerprint density at radius 1 is 1.08 bits per heavy atom. The molecule has 0 bridgehead atoms. The molecule has 7 heteroatoms. The van der Waals surface area contributed by atoms with E-state index in [4.69, 9.17) is 9.47 Å². The average Bonchev–Trinajstić information content (AvgIpc) is 2.55. The van der Waals surface area contributed by atoms with Crippen LogP contribution in [0.3, 0.4) is 0 Å². The molecule has 1 heterocycles. The molecule has 0 spiro atoms. The first-order valence-corrected chi connectivity index (χ1v) is 8.71. The highest BCUT2D eigenvalue weighted by molar-refractivity contribution is 5.88. The second kappa shape index (κ2) is 8.21. The van der Waals surface area contributed by atoms with Crippen molar-refractivity contribution < 1.29 is 23.9 Å². The lowest BCUT2D eigenvalue weighted by atomic mass is 9.97. The Morgan fingerprint density at radius 3 is 2.15 bits per heavy atom. The number of amides is 2. The number of hydrogen-bond acceptors (Lipinski definition) is 5. The van der Waals surface area contributed by atoms with Crippen molar-refractivity contribution in [2.75, 3.05) is 18.4 Å². The SMILES string of the molecule is CC(=O)Nc1ccc(OC(=O)C2CCN(C(=O)OC(C)(C)C)CC2)cc1. The fourth-order valence-electron chi connectivity index (χ4n) is 2.63. The summed E-state index contributed by atoms with van der Waals surface area (Å²) >= 11 is 0. The predicted molar refractivity (Wildman–Crippen MR) is 96.9 cm³/mol. The van der Waals surface area contributed by atoms with E-state index in [0.29, 0.717) is 37.4 Å². The zero-order chi connectivity index (χ0) is 19.3. The number of nitrogens with one attached hydrogen (secondary N) is 1. The number of carbonyl (C=O) groups is 3. The van der Waals surface area contributed by atoms with Gasteiger partial charge < -0.3 is 19.7 Å². The van der Waals surface area contributed by atoms with Gasteiger partial charge in [-0.05, 0) is 57.9 Å². The summed E-state index contributed by atoms with van der Waals surface area (Å²) in [4.78, 5) is 37.0. The van der Waals surface area contributed by atoms with Gasteiger partial charge in [-0.15, -0.1) is 0 Å². The standard InChI is InChI=1S/C19H26N2O5/c1-13(22)20-15-5-7-16(8-6-15)25-17(23)14-9-11-21(12-10-14)18(24)26-19(2,3)4/h5-8,14H,9-12H2,1-4H3,(H,20,22). The highest BCUT2D eigenvalue weighted by Gasteiger charge is 2.30. The fourth-order valence-corrected chi connectivity index (χ4v) is 2.63. The number of anilines is 1. The third-order valence-corrected chi connectivity index (χ3v) is 3.87. The molecular weight excluding hydrogens is 336 g/mol. The lowest BCUT2D eigenvalue weighted by Gasteiger charge is -2.32. The van der Waals surface area contributed by atoms with Crippen LogP contribution in [0.4, 0.5) is 10.5 Å². The normalized spacial score (nSPS) is 15.3. The van der Waals surface area contributed by atoms with Crippen LogP contribution in [-0.4, -0.2) is 41.6 Å². The summed E-state index contributed by atoms with van der Waals surface area (Å²) in [6, 6.07) is 6.63. The Kier molecular flexibility index (Phi) is 6.23. The van der Waals surface area contributed by atoms with Crippen molar-refractivity contribution in [3.63, 3.8) is 0 Å². The van der Waals surface area contributed by atoms with Crippen molar-refractivity contribution in [1.82, 2.24) is 4.90 Å². The molecule has 0 radical (unpaired) electrons. The van der Waals surface area contributed by atoms with Gasteiger partial charge >= 0.3 is 12.1 Å². The van der Waals surface area contributed by atoms with Crippen molar-refractivity contribution in [1.29, 1.82) is 0 Å². The van der Waals surface area contributed by atoms with Crippen molar-refractivity contribution in [3.05, 3.63) is 24.3 Å². The first-order chi connectivity index (χ1) is 12.1. The monoisotopic (exact) mass is 362 g/mol.